The molecular formula is C13H16N4O2. The molecule has 2 rings (SSSR count). The molecule has 0 aliphatic carbocycles. The van der Waals surface area contributed by atoms with E-state index in [-0.39, 0.29) is 5.91 Å². The number of amides is 1. The fourth-order valence-electron chi connectivity index (χ4n) is 1.67. The number of carbonyl (C=O) groups excluding carboxylic acids is 1. The van der Waals surface area contributed by atoms with Gasteiger partial charge in [0.1, 0.15) is 5.75 Å². The summed E-state index contributed by atoms with van der Waals surface area (Å²) >= 11 is 0. The molecule has 0 aliphatic heterocycles. The average molecular weight is 260 g/mol. The van der Waals surface area contributed by atoms with Gasteiger partial charge in [0.2, 0.25) is 0 Å². The largest absolute Gasteiger partial charge is 0.495 e. The fourth-order valence-corrected chi connectivity index (χ4v) is 1.67. The van der Waals surface area contributed by atoms with Gasteiger partial charge in [-0.15, -0.1) is 0 Å². The number of nitrogen functional groups attached to an aromatic ring is 1. The summed E-state index contributed by atoms with van der Waals surface area (Å²) in [5.41, 5.74) is 6.73. The zero-order valence-corrected chi connectivity index (χ0v) is 10.7. The number of aromatic nitrogens is 2. The smallest absolute Gasteiger partial charge is 0.251 e. The van der Waals surface area contributed by atoms with Crippen molar-refractivity contribution >= 4 is 11.6 Å². The minimum atomic E-state index is -0.154. The number of nitrogens with one attached hydrogen (secondary N) is 1. The lowest BCUT2D eigenvalue weighted by molar-refractivity contribution is 0.0952. The number of anilines is 1. The number of nitrogens with two attached hydrogens (primary N) is 1. The third kappa shape index (κ3) is 3.25. The summed E-state index contributed by atoms with van der Waals surface area (Å²) in [5, 5.41) is 2.82. The Labute approximate surface area is 111 Å². The first-order valence-electron chi connectivity index (χ1n) is 5.88. The van der Waals surface area contributed by atoms with Gasteiger partial charge in [-0.05, 0) is 18.2 Å². The highest BCUT2D eigenvalue weighted by Gasteiger charge is 2.08. The molecule has 0 radical (unpaired) electrons. The minimum Gasteiger partial charge on any atom is -0.495 e. The molecule has 1 aromatic carbocycles. The molecule has 0 bridgehead atoms. The molecule has 1 amide bonds. The van der Waals surface area contributed by atoms with Crippen LogP contribution in [-0.2, 0) is 6.54 Å². The van der Waals surface area contributed by atoms with Crippen molar-refractivity contribution < 1.29 is 9.53 Å². The van der Waals surface area contributed by atoms with Crippen LogP contribution in [0.15, 0.2) is 36.9 Å². The quantitative estimate of drug-likeness (QED) is 0.783. The van der Waals surface area contributed by atoms with Crippen molar-refractivity contribution in [1.29, 1.82) is 0 Å². The van der Waals surface area contributed by atoms with Gasteiger partial charge in [0.25, 0.3) is 5.91 Å². The van der Waals surface area contributed by atoms with E-state index in [1.54, 1.807) is 30.7 Å². The number of methoxy groups -OCH3 is 1. The van der Waals surface area contributed by atoms with E-state index in [1.165, 1.54) is 7.11 Å². The highest BCUT2D eigenvalue weighted by Crippen LogP contribution is 2.21. The first-order chi connectivity index (χ1) is 9.20. The summed E-state index contributed by atoms with van der Waals surface area (Å²) in [6, 6.07) is 4.95. The highest BCUT2D eigenvalue weighted by molar-refractivity contribution is 5.95. The lowest BCUT2D eigenvalue weighted by Gasteiger charge is -2.08. The van der Waals surface area contributed by atoms with Gasteiger partial charge in [-0.25, -0.2) is 4.98 Å². The fraction of sp³-hybridized carbons (Fsp3) is 0.231. The molecule has 0 atom stereocenters. The highest BCUT2D eigenvalue weighted by atomic mass is 16.5. The van der Waals surface area contributed by atoms with E-state index in [9.17, 15) is 4.79 Å². The number of hydrogen-bond acceptors (Lipinski definition) is 4. The van der Waals surface area contributed by atoms with Crippen LogP contribution in [0.2, 0.25) is 0 Å². The molecule has 0 spiro atoms. The monoisotopic (exact) mass is 260 g/mol. The van der Waals surface area contributed by atoms with Crippen molar-refractivity contribution in [1.82, 2.24) is 14.9 Å². The van der Waals surface area contributed by atoms with Crippen LogP contribution in [0.5, 0.6) is 5.75 Å². The van der Waals surface area contributed by atoms with Gasteiger partial charge in [0.15, 0.2) is 0 Å². The van der Waals surface area contributed by atoms with Gasteiger partial charge in [0.05, 0.1) is 19.1 Å². The first-order valence-corrected chi connectivity index (χ1v) is 5.88. The van der Waals surface area contributed by atoms with Crippen molar-refractivity contribution in [2.75, 3.05) is 19.4 Å². The third-order valence-electron chi connectivity index (χ3n) is 2.71. The van der Waals surface area contributed by atoms with Gasteiger partial charge < -0.3 is 20.4 Å². The maximum Gasteiger partial charge on any atom is 0.251 e. The summed E-state index contributed by atoms with van der Waals surface area (Å²) in [5.74, 6) is 0.348. The van der Waals surface area contributed by atoms with Crippen molar-refractivity contribution in [2.45, 2.75) is 6.54 Å². The van der Waals surface area contributed by atoms with Crippen molar-refractivity contribution in [3.63, 3.8) is 0 Å². The Kier molecular flexibility index (Phi) is 4.02. The van der Waals surface area contributed by atoms with Crippen molar-refractivity contribution in [3.05, 3.63) is 42.5 Å². The van der Waals surface area contributed by atoms with Crippen LogP contribution >= 0.6 is 0 Å². The predicted octanol–water partition coefficient (Wildman–Crippen LogP) is 0.904. The van der Waals surface area contributed by atoms with E-state index in [1.807, 2.05) is 10.8 Å². The standard InChI is InChI=1S/C13H16N4O2/c1-19-12-8-10(2-3-11(12)14)13(18)16-5-7-17-6-4-15-9-17/h2-4,6,8-9H,5,7,14H2,1H3,(H,16,18). The number of hydrogen-bond donors (Lipinski definition) is 2. The molecule has 0 unspecified atom stereocenters. The van der Waals surface area contributed by atoms with Gasteiger partial charge in [-0.1, -0.05) is 0 Å². The van der Waals surface area contributed by atoms with Crippen LogP contribution < -0.4 is 15.8 Å². The van der Waals surface area contributed by atoms with Crippen LogP contribution in [-0.4, -0.2) is 29.1 Å². The molecule has 3 N–H and O–H groups in total. The maximum atomic E-state index is 11.9. The van der Waals surface area contributed by atoms with Crippen molar-refractivity contribution in [3.8, 4) is 5.75 Å². The number of ether oxygens (including phenoxy) is 1. The molecule has 6 nitrogen and oxygen atoms in total. The number of nitrogens with zero attached hydrogens (tertiary/aromatic N) is 2. The summed E-state index contributed by atoms with van der Waals surface area (Å²) in [4.78, 5) is 15.9. The molecular weight excluding hydrogens is 244 g/mol. The molecule has 0 aliphatic rings. The molecule has 0 saturated heterocycles. The van der Waals surface area contributed by atoms with E-state index in [2.05, 4.69) is 10.3 Å². The van der Waals surface area contributed by atoms with E-state index >= 15 is 0 Å². The second-order valence-corrected chi connectivity index (χ2v) is 4.01. The number of rotatable bonds is 5. The van der Waals surface area contributed by atoms with Crippen LogP contribution in [0.25, 0.3) is 0 Å². The summed E-state index contributed by atoms with van der Waals surface area (Å²) in [6.07, 6.45) is 5.25. The van der Waals surface area contributed by atoms with E-state index in [4.69, 9.17) is 10.5 Å². The normalized spacial score (nSPS) is 10.2. The van der Waals surface area contributed by atoms with Crippen LogP contribution in [0.4, 0.5) is 5.69 Å². The lowest BCUT2D eigenvalue weighted by Crippen LogP contribution is -2.27. The molecule has 1 aromatic heterocycles. The van der Waals surface area contributed by atoms with Gasteiger partial charge in [-0.2, -0.15) is 0 Å². The van der Waals surface area contributed by atoms with Gasteiger partial charge in [0, 0.05) is 31.0 Å². The van der Waals surface area contributed by atoms with E-state index in [0.717, 1.165) is 0 Å². The Morgan fingerprint density at radius 3 is 3.05 bits per heavy atom. The Bertz CT molecular complexity index is 552. The van der Waals surface area contributed by atoms with Crippen LogP contribution in [0.3, 0.4) is 0 Å². The predicted molar refractivity (Wildman–Crippen MR) is 72.0 cm³/mol. The second-order valence-electron chi connectivity index (χ2n) is 4.01. The molecule has 2 aromatic rings. The molecule has 1 heterocycles. The molecule has 0 saturated carbocycles. The molecule has 6 heteroatoms. The zero-order chi connectivity index (χ0) is 13.7. The number of carbonyl (C=O) groups is 1. The summed E-state index contributed by atoms with van der Waals surface area (Å²) in [6.45, 7) is 1.21. The van der Waals surface area contributed by atoms with Crippen LogP contribution in [0, 0.1) is 0 Å². The molecule has 100 valence electrons. The Hall–Kier alpha value is -2.50. The van der Waals surface area contributed by atoms with Gasteiger partial charge in [-0.3, -0.25) is 4.79 Å². The Balaban J connectivity index is 1.92. The number of benzene rings is 1. The Morgan fingerprint density at radius 1 is 1.53 bits per heavy atom. The van der Waals surface area contributed by atoms with Gasteiger partial charge >= 0.3 is 0 Å². The summed E-state index contributed by atoms with van der Waals surface area (Å²) < 4.78 is 6.97. The lowest BCUT2D eigenvalue weighted by atomic mass is 10.2. The van der Waals surface area contributed by atoms with Crippen LogP contribution in [0.1, 0.15) is 10.4 Å². The third-order valence-corrected chi connectivity index (χ3v) is 2.71. The van der Waals surface area contributed by atoms with E-state index in [0.29, 0.717) is 30.1 Å². The number of imidazole rings is 1. The Morgan fingerprint density at radius 2 is 2.37 bits per heavy atom. The first kappa shape index (κ1) is 12.9. The average Bonchev–Trinajstić information content (AvgIpc) is 2.92. The SMILES string of the molecule is COc1cc(C(=O)NCCn2ccnc2)ccc1N. The topological polar surface area (TPSA) is 82.2 Å². The maximum absolute atomic E-state index is 11.9. The molecule has 0 fully saturated rings. The van der Waals surface area contributed by atoms with E-state index < -0.39 is 0 Å². The zero-order valence-electron chi connectivity index (χ0n) is 10.7. The minimum absolute atomic E-state index is 0.154. The van der Waals surface area contributed by atoms with Crippen molar-refractivity contribution in [2.24, 2.45) is 0 Å². The summed E-state index contributed by atoms with van der Waals surface area (Å²) in [7, 11) is 1.52. The second kappa shape index (κ2) is 5.90. The molecule has 19 heavy (non-hydrogen) atoms.